The van der Waals surface area contributed by atoms with E-state index in [1.807, 2.05) is 0 Å². The molecule has 0 radical (unpaired) electrons. The number of para-hydroxylation sites is 1. The standard InChI is InChI=1S/C18H25N3/c1-4-13(2)21(3)18-11-15(12-19-14-9-10-14)20-17-8-6-5-7-16(17)18/h5-8,11,13-14,19H,4,9-10,12H2,1-3H3. The molecule has 1 saturated carbocycles. The summed E-state index contributed by atoms with van der Waals surface area (Å²) in [6, 6.07) is 12.0. The van der Waals surface area contributed by atoms with E-state index >= 15 is 0 Å². The van der Waals surface area contributed by atoms with Crippen LogP contribution in [0.5, 0.6) is 0 Å². The number of rotatable bonds is 6. The summed E-state index contributed by atoms with van der Waals surface area (Å²) in [7, 11) is 2.19. The molecular formula is C18H25N3. The lowest BCUT2D eigenvalue weighted by atomic mass is 10.1. The molecule has 1 aromatic heterocycles. The summed E-state index contributed by atoms with van der Waals surface area (Å²) in [4.78, 5) is 7.19. The SMILES string of the molecule is CCC(C)N(C)c1cc(CNC2CC2)nc2ccccc12. The summed E-state index contributed by atoms with van der Waals surface area (Å²) >= 11 is 0. The lowest BCUT2D eigenvalue weighted by molar-refractivity contribution is 0.660. The van der Waals surface area contributed by atoms with Crippen LogP contribution in [0.1, 0.15) is 38.8 Å². The normalized spacial score (nSPS) is 16.1. The molecule has 1 aliphatic rings. The van der Waals surface area contributed by atoms with Gasteiger partial charge in [-0.15, -0.1) is 0 Å². The minimum Gasteiger partial charge on any atom is -0.371 e. The number of hydrogen-bond donors (Lipinski definition) is 1. The zero-order chi connectivity index (χ0) is 14.8. The number of benzene rings is 1. The van der Waals surface area contributed by atoms with Gasteiger partial charge in [0.05, 0.1) is 11.2 Å². The summed E-state index contributed by atoms with van der Waals surface area (Å²) in [5.41, 5.74) is 3.53. The minimum atomic E-state index is 0.528. The van der Waals surface area contributed by atoms with Gasteiger partial charge in [-0.3, -0.25) is 4.98 Å². The van der Waals surface area contributed by atoms with Crippen LogP contribution in [0.2, 0.25) is 0 Å². The van der Waals surface area contributed by atoms with Crippen molar-refractivity contribution in [2.45, 2.75) is 51.7 Å². The van der Waals surface area contributed by atoms with Crippen molar-refractivity contribution in [3.05, 3.63) is 36.0 Å². The summed E-state index contributed by atoms with van der Waals surface area (Å²) in [6.45, 7) is 5.38. The second kappa shape index (κ2) is 6.02. The molecule has 0 saturated heterocycles. The third kappa shape index (κ3) is 3.18. The molecule has 112 valence electrons. The van der Waals surface area contributed by atoms with Gasteiger partial charge in [0.2, 0.25) is 0 Å². The maximum absolute atomic E-state index is 4.81. The van der Waals surface area contributed by atoms with Crippen molar-refractivity contribution in [2.24, 2.45) is 0 Å². The van der Waals surface area contributed by atoms with Crippen LogP contribution in [-0.4, -0.2) is 24.1 Å². The van der Waals surface area contributed by atoms with E-state index in [9.17, 15) is 0 Å². The van der Waals surface area contributed by atoms with Crippen molar-refractivity contribution < 1.29 is 0 Å². The molecule has 1 aliphatic carbocycles. The fraction of sp³-hybridized carbons (Fsp3) is 0.500. The first-order valence-electron chi connectivity index (χ1n) is 8.04. The molecule has 1 N–H and O–H groups in total. The Morgan fingerprint density at radius 3 is 2.81 bits per heavy atom. The van der Waals surface area contributed by atoms with Crippen LogP contribution in [0.3, 0.4) is 0 Å². The average molecular weight is 283 g/mol. The Kier molecular flexibility index (Phi) is 4.11. The zero-order valence-corrected chi connectivity index (χ0v) is 13.3. The fourth-order valence-electron chi connectivity index (χ4n) is 2.64. The molecular weight excluding hydrogens is 258 g/mol. The molecule has 3 rings (SSSR count). The molecule has 1 unspecified atom stereocenters. The maximum Gasteiger partial charge on any atom is 0.0726 e. The predicted octanol–water partition coefficient (Wildman–Crippen LogP) is 3.72. The Labute approximate surface area is 127 Å². The molecule has 1 fully saturated rings. The highest BCUT2D eigenvalue weighted by molar-refractivity contribution is 5.92. The predicted molar refractivity (Wildman–Crippen MR) is 89.8 cm³/mol. The Hall–Kier alpha value is -1.61. The smallest absolute Gasteiger partial charge is 0.0726 e. The second-order valence-corrected chi connectivity index (χ2v) is 6.17. The Balaban J connectivity index is 1.97. The molecule has 1 aromatic carbocycles. The Morgan fingerprint density at radius 1 is 1.33 bits per heavy atom. The molecule has 1 atom stereocenters. The number of aromatic nitrogens is 1. The Bertz CT molecular complexity index is 619. The van der Waals surface area contributed by atoms with Crippen LogP contribution in [0.15, 0.2) is 30.3 Å². The average Bonchev–Trinajstić information content (AvgIpc) is 3.35. The monoisotopic (exact) mass is 283 g/mol. The van der Waals surface area contributed by atoms with E-state index in [0.29, 0.717) is 12.1 Å². The van der Waals surface area contributed by atoms with Crippen LogP contribution in [0.25, 0.3) is 10.9 Å². The highest BCUT2D eigenvalue weighted by Crippen LogP contribution is 2.28. The first-order chi connectivity index (χ1) is 10.2. The highest BCUT2D eigenvalue weighted by Gasteiger charge is 2.21. The number of fused-ring (bicyclic) bond motifs is 1. The van der Waals surface area contributed by atoms with E-state index in [2.05, 4.69) is 61.4 Å². The number of nitrogens with one attached hydrogen (secondary N) is 1. The molecule has 0 amide bonds. The number of anilines is 1. The summed E-state index contributed by atoms with van der Waals surface area (Å²) < 4.78 is 0. The second-order valence-electron chi connectivity index (χ2n) is 6.17. The number of pyridine rings is 1. The van der Waals surface area contributed by atoms with Gasteiger partial charge in [0.1, 0.15) is 0 Å². The van der Waals surface area contributed by atoms with Gasteiger partial charge in [0, 0.05) is 36.7 Å². The van der Waals surface area contributed by atoms with Gasteiger partial charge in [-0.2, -0.15) is 0 Å². The third-order valence-electron chi connectivity index (χ3n) is 4.53. The largest absolute Gasteiger partial charge is 0.371 e. The molecule has 0 spiro atoms. The van der Waals surface area contributed by atoms with Gasteiger partial charge in [0.15, 0.2) is 0 Å². The van der Waals surface area contributed by atoms with Crippen LogP contribution in [0, 0.1) is 0 Å². The van der Waals surface area contributed by atoms with Crippen molar-refractivity contribution in [3.8, 4) is 0 Å². The van der Waals surface area contributed by atoms with Gasteiger partial charge in [-0.1, -0.05) is 25.1 Å². The van der Waals surface area contributed by atoms with Crippen molar-refractivity contribution in [1.29, 1.82) is 0 Å². The van der Waals surface area contributed by atoms with E-state index in [-0.39, 0.29) is 0 Å². The van der Waals surface area contributed by atoms with Crippen molar-refractivity contribution in [2.75, 3.05) is 11.9 Å². The van der Waals surface area contributed by atoms with E-state index < -0.39 is 0 Å². The molecule has 0 bridgehead atoms. The lowest BCUT2D eigenvalue weighted by Crippen LogP contribution is -2.28. The Morgan fingerprint density at radius 2 is 2.10 bits per heavy atom. The van der Waals surface area contributed by atoms with Crippen LogP contribution >= 0.6 is 0 Å². The molecule has 1 heterocycles. The summed E-state index contributed by atoms with van der Waals surface area (Å²) in [5.74, 6) is 0. The van der Waals surface area contributed by atoms with Gasteiger partial charge in [-0.05, 0) is 38.3 Å². The van der Waals surface area contributed by atoms with E-state index in [1.54, 1.807) is 0 Å². The van der Waals surface area contributed by atoms with Gasteiger partial charge >= 0.3 is 0 Å². The quantitative estimate of drug-likeness (QED) is 0.875. The first-order valence-corrected chi connectivity index (χ1v) is 8.04. The van der Waals surface area contributed by atoms with Crippen molar-refractivity contribution >= 4 is 16.6 Å². The number of nitrogens with zero attached hydrogens (tertiary/aromatic N) is 2. The first kappa shape index (κ1) is 14.3. The van der Waals surface area contributed by atoms with E-state index in [1.165, 1.54) is 23.9 Å². The summed E-state index contributed by atoms with van der Waals surface area (Å²) in [5, 5.41) is 4.81. The summed E-state index contributed by atoms with van der Waals surface area (Å²) in [6.07, 6.45) is 3.77. The van der Waals surface area contributed by atoms with Crippen molar-refractivity contribution in [3.63, 3.8) is 0 Å². The number of hydrogen-bond acceptors (Lipinski definition) is 3. The van der Waals surface area contributed by atoms with Gasteiger partial charge in [-0.25, -0.2) is 0 Å². The maximum atomic E-state index is 4.81. The van der Waals surface area contributed by atoms with E-state index in [4.69, 9.17) is 4.98 Å². The van der Waals surface area contributed by atoms with Crippen LogP contribution < -0.4 is 10.2 Å². The topological polar surface area (TPSA) is 28.2 Å². The fourth-order valence-corrected chi connectivity index (χ4v) is 2.64. The van der Waals surface area contributed by atoms with Crippen LogP contribution in [0.4, 0.5) is 5.69 Å². The minimum absolute atomic E-state index is 0.528. The molecule has 3 nitrogen and oxygen atoms in total. The highest BCUT2D eigenvalue weighted by atomic mass is 15.1. The molecule has 3 heteroatoms. The van der Waals surface area contributed by atoms with Gasteiger partial charge in [0.25, 0.3) is 0 Å². The van der Waals surface area contributed by atoms with Crippen molar-refractivity contribution in [1.82, 2.24) is 10.3 Å². The van der Waals surface area contributed by atoms with Crippen LogP contribution in [-0.2, 0) is 6.54 Å². The zero-order valence-electron chi connectivity index (χ0n) is 13.3. The molecule has 21 heavy (non-hydrogen) atoms. The van der Waals surface area contributed by atoms with Gasteiger partial charge < -0.3 is 10.2 Å². The molecule has 0 aliphatic heterocycles. The third-order valence-corrected chi connectivity index (χ3v) is 4.53. The molecule has 2 aromatic rings. The lowest BCUT2D eigenvalue weighted by Gasteiger charge is -2.27. The van der Waals surface area contributed by atoms with E-state index in [0.717, 1.165) is 24.2 Å².